The molecule has 2 unspecified atom stereocenters. The lowest BCUT2D eigenvalue weighted by Crippen LogP contribution is -2.26. The van der Waals surface area contributed by atoms with Crippen LogP contribution in [0, 0.1) is 23.2 Å². The Hall–Kier alpha value is -0.200. The summed E-state index contributed by atoms with van der Waals surface area (Å²) in [6, 6.07) is 2.20. The fourth-order valence-corrected chi connectivity index (χ4v) is 1.62. The average molecular weight is 186 g/mol. The second-order valence-electron chi connectivity index (χ2n) is 3.25. The van der Waals surface area contributed by atoms with E-state index >= 15 is 0 Å². The van der Waals surface area contributed by atoms with Crippen LogP contribution < -0.4 is 5.32 Å². The van der Waals surface area contributed by atoms with Gasteiger partial charge in [0, 0.05) is 6.54 Å². The summed E-state index contributed by atoms with van der Waals surface area (Å²) < 4.78 is 0. The molecular weight excluding hydrogens is 168 g/mol. The van der Waals surface area contributed by atoms with E-state index in [-0.39, 0.29) is 5.92 Å². The molecule has 12 heavy (non-hydrogen) atoms. The molecule has 0 fully saturated rings. The Morgan fingerprint density at radius 3 is 2.58 bits per heavy atom. The molecule has 0 saturated carbocycles. The van der Waals surface area contributed by atoms with Gasteiger partial charge in [-0.1, -0.05) is 6.92 Å². The third-order valence-corrected chi connectivity index (χ3v) is 2.52. The van der Waals surface area contributed by atoms with Crippen LogP contribution in [0.15, 0.2) is 0 Å². The fraction of sp³-hybridized carbons (Fsp3) is 0.889. The summed E-state index contributed by atoms with van der Waals surface area (Å²) in [4.78, 5) is 0. The van der Waals surface area contributed by atoms with Gasteiger partial charge in [0.15, 0.2) is 0 Å². The molecule has 2 atom stereocenters. The van der Waals surface area contributed by atoms with Crippen LogP contribution in [-0.4, -0.2) is 25.1 Å². The van der Waals surface area contributed by atoms with Gasteiger partial charge in [0.2, 0.25) is 0 Å². The van der Waals surface area contributed by atoms with Crippen molar-refractivity contribution in [1.82, 2.24) is 5.32 Å². The largest absolute Gasteiger partial charge is 0.315 e. The molecule has 0 amide bonds. The summed E-state index contributed by atoms with van der Waals surface area (Å²) in [5.74, 6) is 2.02. The Bertz CT molecular complexity index is 142. The molecule has 0 saturated heterocycles. The van der Waals surface area contributed by atoms with Crippen molar-refractivity contribution in [2.24, 2.45) is 11.8 Å². The third kappa shape index (κ3) is 6.51. The predicted octanol–water partition coefficient (Wildman–Crippen LogP) is 1.73. The summed E-state index contributed by atoms with van der Waals surface area (Å²) >= 11 is 1.87. The number of nitriles is 1. The Morgan fingerprint density at radius 1 is 1.42 bits per heavy atom. The van der Waals surface area contributed by atoms with E-state index in [1.54, 1.807) is 0 Å². The highest BCUT2D eigenvalue weighted by atomic mass is 32.2. The lowest BCUT2D eigenvalue weighted by Gasteiger charge is -2.11. The molecule has 0 rings (SSSR count). The van der Waals surface area contributed by atoms with Crippen molar-refractivity contribution >= 4 is 11.8 Å². The lowest BCUT2D eigenvalue weighted by atomic mass is 10.2. The Morgan fingerprint density at radius 2 is 2.08 bits per heavy atom. The predicted molar refractivity (Wildman–Crippen MR) is 55.2 cm³/mol. The normalized spacial score (nSPS) is 15.2. The summed E-state index contributed by atoms with van der Waals surface area (Å²) in [6.45, 7) is 5.99. The van der Waals surface area contributed by atoms with Crippen LogP contribution in [0.4, 0.5) is 0 Å². The van der Waals surface area contributed by atoms with E-state index in [9.17, 15) is 0 Å². The Balaban J connectivity index is 3.25. The molecule has 2 nitrogen and oxygen atoms in total. The quantitative estimate of drug-likeness (QED) is 0.686. The second kappa shape index (κ2) is 7.45. The van der Waals surface area contributed by atoms with Crippen LogP contribution in [-0.2, 0) is 0 Å². The van der Waals surface area contributed by atoms with E-state index in [1.807, 2.05) is 18.7 Å². The Labute approximate surface area is 79.7 Å². The molecule has 0 aromatic rings. The van der Waals surface area contributed by atoms with Crippen molar-refractivity contribution in [2.45, 2.75) is 13.8 Å². The van der Waals surface area contributed by atoms with Crippen molar-refractivity contribution in [3.8, 4) is 6.07 Å². The molecule has 0 aliphatic heterocycles. The molecule has 3 heteroatoms. The van der Waals surface area contributed by atoms with Gasteiger partial charge in [-0.3, -0.25) is 0 Å². The van der Waals surface area contributed by atoms with Crippen LogP contribution in [0.25, 0.3) is 0 Å². The first-order chi connectivity index (χ1) is 5.70. The van der Waals surface area contributed by atoms with Crippen LogP contribution >= 0.6 is 11.8 Å². The number of nitrogens with zero attached hydrogens (tertiary/aromatic N) is 1. The van der Waals surface area contributed by atoms with Crippen molar-refractivity contribution in [2.75, 3.05) is 25.1 Å². The van der Waals surface area contributed by atoms with Crippen molar-refractivity contribution in [3.05, 3.63) is 0 Å². The fourth-order valence-electron chi connectivity index (χ4n) is 0.935. The maximum absolute atomic E-state index is 8.51. The highest BCUT2D eigenvalue weighted by molar-refractivity contribution is 7.98. The first-order valence-corrected chi connectivity index (χ1v) is 5.69. The molecule has 0 radical (unpaired) electrons. The van der Waals surface area contributed by atoms with Gasteiger partial charge in [-0.05, 0) is 31.4 Å². The third-order valence-electron chi connectivity index (χ3n) is 1.61. The molecule has 0 heterocycles. The van der Waals surface area contributed by atoms with E-state index in [1.165, 1.54) is 5.75 Å². The SMILES string of the molecule is CSCC(C)CNCC(C)C#N. The molecule has 0 aliphatic rings. The minimum absolute atomic E-state index is 0.131. The van der Waals surface area contributed by atoms with Gasteiger partial charge < -0.3 is 5.32 Å². The number of nitrogens with one attached hydrogen (secondary N) is 1. The highest BCUT2D eigenvalue weighted by Crippen LogP contribution is 2.02. The Kier molecular flexibility index (Phi) is 7.33. The van der Waals surface area contributed by atoms with Crippen molar-refractivity contribution < 1.29 is 0 Å². The maximum Gasteiger partial charge on any atom is 0.0666 e. The topological polar surface area (TPSA) is 35.8 Å². The summed E-state index contributed by atoms with van der Waals surface area (Å²) in [7, 11) is 0. The molecular formula is C9H18N2S. The van der Waals surface area contributed by atoms with Gasteiger partial charge in [-0.15, -0.1) is 0 Å². The van der Waals surface area contributed by atoms with E-state index in [4.69, 9.17) is 5.26 Å². The minimum Gasteiger partial charge on any atom is -0.315 e. The van der Waals surface area contributed by atoms with Crippen molar-refractivity contribution in [3.63, 3.8) is 0 Å². The molecule has 70 valence electrons. The van der Waals surface area contributed by atoms with Crippen molar-refractivity contribution in [1.29, 1.82) is 5.26 Å². The molecule has 0 bridgehead atoms. The smallest absolute Gasteiger partial charge is 0.0666 e. The van der Waals surface area contributed by atoms with Gasteiger partial charge in [-0.25, -0.2) is 0 Å². The summed E-state index contributed by atoms with van der Waals surface area (Å²) in [5, 5.41) is 11.8. The van der Waals surface area contributed by atoms with Gasteiger partial charge in [-0.2, -0.15) is 17.0 Å². The van der Waals surface area contributed by atoms with E-state index in [0.29, 0.717) is 5.92 Å². The maximum atomic E-state index is 8.51. The minimum atomic E-state index is 0.131. The number of thioether (sulfide) groups is 1. The summed E-state index contributed by atoms with van der Waals surface area (Å²) in [6.07, 6.45) is 2.12. The van der Waals surface area contributed by atoms with E-state index in [2.05, 4.69) is 24.6 Å². The van der Waals surface area contributed by atoms with Crippen LogP contribution in [0.1, 0.15) is 13.8 Å². The van der Waals surface area contributed by atoms with E-state index < -0.39 is 0 Å². The first-order valence-electron chi connectivity index (χ1n) is 4.30. The van der Waals surface area contributed by atoms with Gasteiger partial charge in [0.1, 0.15) is 0 Å². The number of hydrogen-bond donors (Lipinski definition) is 1. The number of rotatable bonds is 6. The van der Waals surface area contributed by atoms with Gasteiger partial charge in [0.05, 0.1) is 12.0 Å². The molecule has 0 aromatic heterocycles. The monoisotopic (exact) mass is 186 g/mol. The summed E-state index contributed by atoms with van der Waals surface area (Å²) in [5.41, 5.74) is 0. The zero-order valence-corrected chi connectivity index (χ0v) is 8.95. The molecule has 0 aromatic carbocycles. The van der Waals surface area contributed by atoms with Gasteiger partial charge >= 0.3 is 0 Å². The lowest BCUT2D eigenvalue weighted by molar-refractivity contribution is 0.527. The van der Waals surface area contributed by atoms with Crippen LogP contribution in [0.5, 0.6) is 0 Å². The number of hydrogen-bond acceptors (Lipinski definition) is 3. The van der Waals surface area contributed by atoms with Crippen LogP contribution in [0.2, 0.25) is 0 Å². The average Bonchev–Trinajstić information content (AvgIpc) is 2.04. The molecule has 1 N–H and O–H groups in total. The van der Waals surface area contributed by atoms with Crippen LogP contribution in [0.3, 0.4) is 0 Å². The zero-order valence-electron chi connectivity index (χ0n) is 8.13. The molecule has 0 aliphatic carbocycles. The second-order valence-corrected chi connectivity index (χ2v) is 4.16. The molecule has 0 spiro atoms. The van der Waals surface area contributed by atoms with E-state index in [0.717, 1.165) is 13.1 Å². The highest BCUT2D eigenvalue weighted by Gasteiger charge is 2.02. The van der Waals surface area contributed by atoms with Gasteiger partial charge in [0.25, 0.3) is 0 Å². The zero-order chi connectivity index (χ0) is 9.40. The first kappa shape index (κ1) is 11.8. The standard InChI is InChI=1S/C9H18N2S/c1-8(4-10)5-11-6-9(2)7-12-3/h8-9,11H,5-7H2,1-3H3.